The Kier molecular flexibility index (Phi) is 5.89. The molecule has 0 bridgehead atoms. The molecular formula is C19H22ClN3O2. The highest BCUT2D eigenvalue weighted by atomic mass is 35.5. The van der Waals surface area contributed by atoms with Gasteiger partial charge < -0.3 is 15.4 Å². The number of carbonyl (C=O) groups is 1. The van der Waals surface area contributed by atoms with Gasteiger partial charge in [-0.05, 0) is 35.7 Å². The molecule has 1 amide bonds. The lowest BCUT2D eigenvalue weighted by atomic mass is 9.89. The van der Waals surface area contributed by atoms with E-state index in [1.165, 1.54) is 0 Å². The van der Waals surface area contributed by atoms with E-state index < -0.39 is 0 Å². The number of benzene rings is 1. The van der Waals surface area contributed by atoms with Gasteiger partial charge in [0, 0.05) is 31.7 Å². The lowest BCUT2D eigenvalue weighted by Crippen LogP contribution is -2.35. The molecule has 25 heavy (non-hydrogen) atoms. The predicted molar refractivity (Wildman–Crippen MR) is 98.1 cm³/mol. The Morgan fingerprint density at radius 2 is 2.24 bits per heavy atom. The van der Waals surface area contributed by atoms with Crippen LogP contribution in [0, 0.1) is 5.92 Å². The number of aromatic nitrogens is 1. The first kappa shape index (κ1) is 17.7. The van der Waals surface area contributed by atoms with Crippen molar-refractivity contribution >= 4 is 17.5 Å². The van der Waals surface area contributed by atoms with Crippen LogP contribution in [-0.4, -0.2) is 37.6 Å². The van der Waals surface area contributed by atoms with Crippen LogP contribution in [0.15, 0.2) is 42.6 Å². The molecule has 0 unspecified atom stereocenters. The molecule has 1 aromatic heterocycles. The van der Waals surface area contributed by atoms with E-state index >= 15 is 0 Å². The number of hydrogen-bond donors (Lipinski definition) is 2. The SMILES string of the molecule is COc1cccc(CCNC(=O)[C@@H]2CNC[C@H]2c2ccc(Cl)nc2)c1. The molecule has 0 saturated carbocycles. The Hall–Kier alpha value is -2.11. The lowest BCUT2D eigenvalue weighted by Gasteiger charge is -2.18. The second kappa shape index (κ2) is 8.32. The second-order valence-corrected chi connectivity index (χ2v) is 6.57. The maximum atomic E-state index is 12.6. The van der Waals surface area contributed by atoms with E-state index in [1.807, 2.05) is 30.3 Å². The van der Waals surface area contributed by atoms with Crippen molar-refractivity contribution in [1.82, 2.24) is 15.6 Å². The summed E-state index contributed by atoms with van der Waals surface area (Å²) >= 11 is 5.85. The highest BCUT2D eigenvalue weighted by Gasteiger charge is 2.33. The fraction of sp³-hybridized carbons (Fsp3) is 0.368. The van der Waals surface area contributed by atoms with Gasteiger partial charge in [-0.15, -0.1) is 0 Å². The fourth-order valence-electron chi connectivity index (χ4n) is 3.20. The third kappa shape index (κ3) is 4.50. The average Bonchev–Trinajstić information content (AvgIpc) is 3.12. The number of amides is 1. The van der Waals surface area contributed by atoms with Gasteiger partial charge in [-0.25, -0.2) is 4.98 Å². The molecule has 1 aromatic carbocycles. The molecule has 0 radical (unpaired) electrons. The molecule has 1 aliphatic heterocycles. The standard InChI is InChI=1S/C19H22ClN3O2/c1-25-15-4-2-3-13(9-15)7-8-22-19(24)17-12-21-11-16(17)14-5-6-18(20)23-10-14/h2-6,9-10,16-17,21H,7-8,11-12H2,1H3,(H,22,24)/t16-,17+/m0/s1. The molecule has 6 heteroatoms. The molecule has 132 valence electrons. The van der Waals surface area contributed by atoms with Gasteiger partial charge in [0.15, 0.2) is 0 Å². The Bertz CT molecular complexity index is 721. The quantitative estimate of drug-likeness (QED) is 0.777. The van der Waals surface area contributed by atoms with Crippen molar-refractivity contribution in [1.29, 1.82) is 0 Å². The summed E-state index contributed by atoms with van der Waals surface area (Å²) in [4.78, 5) is 16.7. The van der Waals surface area contributed by atoms with Crippen LogP contribution in [0.1, 0.15) is 17.0 Å². The number of rotatable bonds is 6. The van der Waals surface area contributed by atoms with Gasteiger partial charge in [-0.1, -0.05) is 29.8 Å². The highest BCUT2D eigenvalue weighted by molar-refractivity contribution is 6.29. The van der Waals surface area contributed by atoms with Crippen LogP contribution in [-0.2, 0) is 11.2 Å². The number of methoxy groups -OCH3 is 1. The van der Waals surface area contributed by atoms with E-state index in [-0.39, 0.29) is 17.7 Å². The zero-order valence-electron chi connectivity index (χ0n) is 14.2. The van der Waals surface area contributed by atoms with E-state index in [2.05, 4.69) is 15.6 Å². The normalized spacial score (nSPS) is 19.6. The zero-order valence-corrected chi connectivity index (χ0v) is 14.9. The molecule has 2 atom stereocenters. The monoisotopic (exact) mass is 359 g/mol. The molecular weight excluding hydrogens is 338 g/mol. The van der Waals surface area contributed by atoms with Crippen LogP contribution in [0.25, 0.3) is 0 Å². The highest BCUT2D eigenvalue weighted by Crippen LogP contribution is 2.28. The summed E-state index contributed by atoms with van der Waals surface area (Å²) < 4.78 is 5.22. The van der Waals surface area contributed by atoms with Crippen molar-refractivity contribution in [3.05, 3.63) is 58.9 Å². The average molecular weight is 360 g/mol. The minimum absolute atomic E-state index is 0.0767. The Morgan fingerprint density at radius 3 is 3.00 bits per heavy atom. The maximum Gasteiger partial charge on any atom is 0.225 e. The molecule has 2 aromatic rings. The number of pyridine rings is 1. The summed E-state index contributed by atoms with van der Waals surface area (Å²) in [5.74, 6) is 0.946. The van der Waals surface area contributed by atoms with E-state index in [1.54, 1.807) is 19.4 Å². The summed E-state index contributed by atoms with van der Waals surface area (Å²) in [6, 6.07) is 11.6. The lowest BCUT2D eigenvalue weighted by molar-refractivity contribution is -0.124. The number of nitrogens with zero attached hydrogens (tertiary/aromatic N) is 1. The van der Waals surface area contributed by atoms with Gasteiger partial charge in [0.2, 0.25) is 5.91 Å². The van der Waals surface area contributed by atoms with E-state index in [0.717, 1.165) is 29.8 Å². The van der Waals surface area contributed by atoms with Gasteiger partial charge in [-0.2, -0.15) is 0 Å². The molecule has 0 aliphatic carbocycles. The predicted octanol–water partition coefficient (Wildman–Crippen LogP) is 2.41. The van der Waals surface area contributed by atoms with E-state index in [4.69, 9.17) is 16.3 Å². The number of nitrogens with one attached hydrogen (secondary N) is 2. The van der Waals surface area contributed by atoms with Crippen LogP contribution in [0.2, 0.25) is 5.15 Å². The van der Waals surface area contributed by atoms with Crippen LogP contribution in [0.4, 0.5) is 0 Å². The number of hydrogen-bond acceptors (Lipinski definition) is 4. The van der Waals surface area contributed by atoms with Crippen LogP contribution < -0.4 is 15.4 Å². The largest absolute Gasteiger partial charge is 0.497 e. The molecule has 5 nitrogen and oxygen atoms in total. The molecule has 1 fully saturated rings. The molecule has 1 aliphatic rings. The van der Waals surface area contributed by atoms with Gasteiger partial charge in [-0.3, -0.25) is 4.79 Å². The topological polar surface area (TPSA) is 63.2 Å². The number of ether oxygens (including phenoxy) is 1. The maximum absolute atomic E-state index is 12.6. The van der Waals surface area contributed by atoms with E-state index in [0.29, 0.717) is 18.2 Å². The summed E-state index contributed by atoms with van der Waals surface area (Å²) in [6.07, 6.45) is 2.53. The summed E-state index contributed by atoms with van der Waals surface area (Å²) in [6.45, 7) is 2.06. The van der Waals surface area contributed by atoms with Crippen LogP contribution in [0.3, 0.4) is 0 Å². The summed E-state index contributed by atoms with van der Waals surface area (Å²) in [7, 11) is 1.65. The smallest absolute Gasteiger partial charge is 0.225 e. The van der Waals surface area contributed by atoms with Crippen molar-refractivity contribution in [3.8, 4) is 5.75 Å². The Balaban J connectivity index is 1.55. The minimum Gasteiger partial charge on any atom is -0.497 e. The van der Waals surface area contributed by atoms with Crippen molar-refractivity contribution in [3.63, 3.8) is 0 Å². The van der Waals surface area contributed by atoms with Gasteiger partial charge in [0.05, 0.1) is 13.0 Å². The van der Waals surface area contributed by atoms with Gasteiger partial charge >= 0.3 is 0 Å². The van der Waals surface area contributed by atoms with Crippen molar-refractivity contribution in [2.75, 3.05) is 26.7 Å². The molecule has 2 heterocycles. The van der Waals surface area contributed by atoms with Gasteiger partial charge in [0.25, 0.3) is 0 Å². The van der Waals surface area contributed by atoms with E-state index in [9.17, 15) is 4.79 Å². The third-order valence-corrected chi connectivity index (χ3v) is 4.80. The van der Waals surface area contributed by atoms with Crippen molar-refractivity contribution < 1.29 is 9.53 Å². The molecule has 2 N–H and O–H groups in total. The third-order valence-electron chi connectivity index (χ3n) is 4.58. The molecule has 3 rings (SSSR count). The Labute approximate surface area is 152 Å². The summed E-state index contributed by atoms with van der Waals surface area (Å²) in [5, 5.41) is 6.82. The minimum atomic E-state index is -0.0896. The number of halogens is 1. The van der Waals surface area contributed by atoms with Gasteiger partial charge in [0.1, 0.15) is 10.9 Å². The second-order valence-electron chi connectivity index (χ2n) is 6.18. The van der Waals surface area contributed by atoms with Crippen LogP contribution in [0.5, 0.6) is 5.75 Å². The first-order valence-electron chi connectivity index (χ1n) is 8.40. The first-order chi connectivity index (χ1) is 12.2. The Morgan fingerprint density at radius 1 is 1.36 bits per heavy atom. The molecule has 0 spiro atoms. The van der Waals surface area contributed by atoms with Crippen LogP contribution >= 0.6 is 11.6 Å². The van der Waals surface area contributed by atoms with Crippen molar-refractivity contribution in [2.45, 2.75) is 12.3 Å². The van der Waals surface area contributed by atoms with Crippen molar-refractivity contribution in [2.24, 2.45) is 5.92 Å². The molecule has 1 saturated heterocycles. The summed E-state index contributed by atoms with van der Waals surface area (Å²) in [5.41, 5.74) is 2.19. The zero-order chi connectivity index (χ0) is 17.6. The number of carbonyl (C=O) groups excluding carboxylic acids is 1. The fourth-order valence-corrected chi connectivity index (χ4v) is 3.31. The first-order valence-corrected chi connectivity index (χ1v) is 8.78.